The molecule has 1 atom stereocenters. The Morgan fingerprint density at radius 1 is 1.02 bits per heavy atom. The summed E-state index contributed by atoms with van der Waals surface area (Å²) in [5.74, 6) is 1.11. The Labute approximate surface area is 249 Å². The van der Waals surface area contributed by atoms with Crippen molar-refractivity contribution >= 4 is 34.8 Å². The van der Waals surface area contributed by atoms with E-state index in [2.05, 4.69) is 27.9 Å². The number of aliphatic hydroxyl groups is 1. The number of aromatic nitrogens is 2. The van der Waals surface area contributed by atoms with Gasteiger partial charge in [-0.2, -0.15) is 0 Å². The van der Waals surface area contributed by atoms with E-state index in [1.807, 2.05) is 30.3 Å². The molecule has 2 aromatic carbocycles. The second-order valence-electron chi connectivity index (χ2n) is 9.82. The number of pyridine rings is 2. The van der Waals surface area contributed by atoms with Crippen LogP contribution in [0.2, 0.25) is 15.1 Å². The number of aliphatic hydroxyl groups excluding tert-OH is 1. The highest BCUT2D eigenvalue weighted by Crippen LogP contribution is 2.43. The third kappa shape index (κ3) is 5.52. The summed E-state index contributed by atoms with van der Waals surface area (Å²) in [7, 11) is 3.19. The molecular formula is C31H29Cl3N3O3. The predicted molar refractivity (Wildman–Crippen MR) is 162 cm³/mol. The van der Waals surface area contributed by atoms with Crippen molar-refractivity contribution in [1.82, 2.24) is 14.9 Å². The highest BCUT2D eigenvalue weighted by molar-refractivity contribution is 6.39. The van der Waals surface area contributed by atoms with Crippen molar-refractivity contribution < 1.29 is 14.6 Å². The van der Waals surface area contributed by atoms with Crippen LogP contribution in [0.15, 0.2) is 48.7 Å². The Hall–Kier alpha value is -2.87. The molecule has 1 radical (unpaired) electrons. The van der Waals surface area contributed by atoms with Gasteiger partial charge in [0.25, 0.3) is 0 Å². The Kier molecular flexibility index (Phi) is 8.55. The molecule has 1 aliphatic heterocycles. The quantitative estimate of drug-likeness (QED) is 0.240. The summed E-state index contributed by atoms with van der Waals surface area (Å²) in [5, 5.41) is 11.2. The number of hydrogen-bond donors (Lipinski definition) is 1. The Morgan fingerprint density at radius 3 is 2.50 bits per heavy atom. The van der Waals surface area contributed by atoms with Crippen LogP contribution in [0.25, 0.3) is 33.6 Å². The van der Waals surface area contributed by atoms with Crippen LogP contribution >= 0.6 is 34.8 Å². The molecule has 0 unspecified atom stereocenters. The average molecular weight is 598 g/mol. The first-order valence-corrected chi connectivity index (χ1v) is 14.0. The van der Waals surface area contributed by atoms with Gasteiger partial charge in [0.2, 0.25) is 5.88 Å². The molecule has 0 fully saturated rings. The van der Waals surface area contributed by atoms with E-state index in [0.29, 0.717) is 56.6 Å². The smallest absolute Gasteiger partial charge is 0.218 e. The summed E-state index contributed by atoms with van der Waals surface area (Å²) in [6, 6.07) is 13.4. The van der Waals surface area contributed by atoms with Crippen LogP contribution in [-0.2, 0) is 13.0 Å². The van der Waals surface area contributed by atoms with Crippen molar-refractivity contribution in [3.05, 3.63) is 87.3 Å². The fourth-order valence-corrected chi connectivity index (χ4v) is 5.98. The van der Waals surface area contributed by atoms with Crippen LogP contribution in [-0.4, -0.2) is 53.4 Å². The number of β-amino-alcohol motifs (C(OH)–C–C–N with tert-alkyl or cyclic N) is 1. The maximum atomic E-state index is 9.85. The first-order valence-electron chi connectivity index (χ1n) is 12.8. The van der Waals surface area contributed by atoms with Crippen molar-refractivity contribution in [2.45, 2.75) is 26.0 Å². The van der Waals surface area contributed by atoms with Crippen molar-refractivity contribution in [1.29, 1.82) is 0 Å². The van der Waals surface area contributed by atoms with Crippen LogP contribution in [0.1, 0.15) is 23.6 Å². The molecule has 0 saturated heterocycles. The predicted octanol–water partition coefficient (Wildman–Crippen LogP) is 7.38. The Bertz CT molecular complexity index is 1560. The van der Waals surface area contributed by atoms with Crippen molar-refractivity contribution in [2.75, 3.05) is 27.3 Å². The zero-order valence-corrected chi connectivity index (χ0v) is 24.7. The van der Waals surface area contributed by atoms with E-state index < -0.39 is 0 Å². The summed E-state index contributed by atoms with van der Waals surface area (Å²) < 4.78 is 11.1. The van der Waals surface area contributed by atoms with Crippen LogP contribution in [0, 0.1) is 6.92 Å². The lowest BCUT2D eigenvalue weighted by Crippen LogP contribution is -2.35. The first kappa shape index (κ1) is 28.7. The summed E-state index contributed by atoms with van der Waals surface area (Å²) in [6.45, 7) is 7.91. The third-order valence-corrected chi connectivity index (χ3v) is 8.20. The summed E-state index contributed by atoms with van der Waals surface area (Å²) in [6.07, 6.45) is 2.18. The Morgan fingerprint density at radius 2 is 1.77 bits per heavy atom. The number of rotatable bonds is 7. The lowest BCUT2D eigenvalue weighted by atomic mass is 9.93. The van der Waals surface area contributed by atoms with Gasteiger partial charge in [0.15, 0.2) is 0 Å². The van der Waals surface area contributed by atoms with Crippen LogP contribution in [0.3, 0.4) is 0 Å². The summed E-state index contributed by atoms with van der Waals surface area (Å²) >= 11 is 20.4. The fourth-order valence-electron chi connectivity index (χ4n) is 5.15. The molecule has 40 heavy (non-hydrogen) atoms. The zero-order chi connectivity index (χ0) is 28.6. The first-order chi connectivity index (χ1) is 19.2. The van der Waals surface area contributed by atoms with Crippen molar-refractivity contribution in [2.24, 2.45) is 0 Å². The molecule has 2 aromatic heterocycles. The molecule has 0 spiro atoms. The molecule has 207 valence electrons. The third-order valence-electron chi connectivity index (χ3n) is 7.08. The number of nitrogens with zero attached hydrogens (tertiary/aromatic N) is 3. The minimum absolute atomic E-state index is 0.337. The molecule has 1 N–H and O–H groups in total. The summed E-state index contributed by atoms with van der Waals surface area (Å²) in [4.78, 5) is 11.4. The minimum Gasteiger partial charge on any atom is -0.496 e. The van der Waals surface area contributed by atoms with Gasteiger partial charge in [-0.05, 0) is 50.1 Å². The second-order valence-corrected chi connectivity index (χ2v) is 11.0. The molecule has 0 saturated carbocycles. The van der Waals surface area contributed by atoms with Gasteiger partial charge >= 0.3 is 0 Å². The molecule has 0 amide bonds. The maximum absolute atomic E-state index is 9.85. The molecule has 0 aliphatic carbocycles. The number of benzene rings is 2. The van der Waals surface area contributed by atoms with Gasteiger partial charge in [-0.3, -0.25) is 9.88 Å². The second kappa shape index (κ2) is 11.9. The SMILES string of the molecule is [CH2]c1c(Cl)cc(-c2cccc(-c3ccnc(-c4cc5c(c(OC)c4)CN(C[C@H](C)O)CC5)c3Cl)c2Cl)nc1OC. The van der Waals surface area contributed by atoms with Gasteiger partial charge in [-0.25, -0.2) is 4.98 Å². The monoisotopic (exact) mass is 596 g/mol. The highest BCUT2D eigenvalue weighted by atomic mass is 35.5. The van der Waals surface area contributed by atoms with Crippen LogP contribution in [0.4, 0.5) is 0 Å². The van der Waals surface area contributed by atoms with Gasteiger partial charge in [0.05, 0.1) is 46.8 Å². The van der Waals surface area contributed by atoms with Crippen molar-refractivity contribution in [3.8, 4) is 45.3 Å². The van der Waals surface area contributed by atoms with Gasteiger partial charge in [-0.1, -0.05) is 53.0 Å². The molecule has 4 aromatic rings. The van der Waals surface area contributed by atoms with E-state index in [9.17, 15) is 5.11 Å². The lowest BCUT2D eigenvalue weighted by molar-refractivity contribution is 0.118. The lowest BCUT2D eigenvalue weighted by Gasteiger charge is -2.31. The van der Waals surface area contributed by atoms with Gasteiger partial charge in [0, 0.05) is 59.2 Å². The molecule has 3 heterocycles. The number of ether oxygens (including phenoxy) is 2. The average Bonchev–Trinajstić information content (AvgIpc) is 2.94. The molecule has 5 rings (SSSR count). The van der Waals surface area contributed by atoms with E-state index in [4.69, 9.17) is 44.3 Å². The molecule has 9 heteroatoms. The normalized spacial score (nSPS) is 14.1. The summed E-state index contributed by atoms with van der Waals surface area (Å²) in [5.41, 5.74) is 7.05. The van der Waals surface area contributed by atoms with Crippen molar-refractivity contribution in [3.63, 3.8) is 0 Å². The van der Waals surface area contributed by atoms with Crippen LogP contribution < -0.4 is 9.47 Å². The number of fused-ring (bicyclic) bond motifs is 1. The molecule has 1 aliphatic rings. The van der Waals surface area contributed by atoms with Crippen LogP contribution in [0.5, 0.6) is 11.6 Å². The van der Waals surface area contributed by atoms with Gasteiger partial charge in [0.1, 0.15) is 5.75 Å². The molecule has 0 bridgehead atoms. The highest BCUT2D eigenvalue weighted by Gasteiger charge is 2.24. The Balaban J connectivity index is 1.56. The number of hydrogen-bond acceptors (Lipinski definition) is 6. The van der Waals surface area contributed by atoms with E-state index in [0.717, 1.165) is 41.0 Å². The van der Waals surface area contributed by atoms with Gasteiger partial charge < -0.3 is 14.6 Å². The minimum atomic E-state index is -0.388. The van der Waals surface area contributed by atoms with E-state index in [-0.39, 0.29) is 6.10 Å². The largest absolute Gasteiger partial charge is 0.496 e. The van der Waals surface area contributed by atoms with E-state index >= 15 is 0 Å². The van der Waals surface area contributed by atoms with E-state index in [1.165, 1.54) is 12.7 Å². The van der Waals surface area contributed by atoms with E-state index in [1.54, 1.807) is 26.3 Å². The maximum Gasteiger partial charge on any atom is 0.218 e. The van der Waals surface area contributed by atoms with Gasteiger partial charge in [-0.15, -0.1) is 0 Å². The molecule has 6 nitrogen and oxygen atoms in total. The number of halogens is 3. The number of methoxy groups -OCH3 is 2. The molecular weight excluding hydrogens is 569 g/mol. The standard InChI is InChI=1S/C31H29Cl3N3O3/c1-17(38)15-37-11-9-19-12-20(13-27(39-3)24(19)16-37)30-29(34)22(8-10-35-30)21-6-5-7-23(28(21)33)26-14-25(32)18(2)31(36-26)40-4/h5-8,10,12-14,17,38H,2,9,11,15-16H2,1,3-4H3/t17-/m0/s1. The topological polar surface area (TPSA) is 67.7 Å². The zero-order valence-electron chi connectivity index (χ0n) is 22.5. The fraction of sp³-hybridized carbons (Fsp3) is 0.258.